The van der Waals surface area contributed by atoms with E-state index in [0.717, 1.165) is 38.5 Å². The molecule has 11 heteroatoms. The van der Waals surface area contributed by atoms with Crippen molar-refractivity contribution in [1.82, 2.24) is 5.32 Å². The largest absolute Gasteiger partial charge is 0.394 e. The zero-order valence-electron chi connectivity index (χ0n) is 39.9. The molecule has 1 aliphatic rings. The van der Waals surface area contributed by atoms with Crippen LogP contribution in [0.15, 0.2) is 12.2 Å². The SMILES string of the molecule is CCCCCCCCCCCCCCCCCCCCC/C=C/CCCC(O)C(O)C(COC1OC(CO)C(O)C(O)C1O)NC(=O)C(O)CCCCCCCCCCCCC. The van der Waals surface area contributed by atoms with Gasteiger partial charge in [-0.15, -0.1) is 0 Å². The molecule has 0 bridgehead atoms. The van der Waals surface area contributed by atoms with Gasteiger partial charge >= 0.3 is 0 Å². The van der Waals surface area contributed by atoms with Gasteiger partial charge in [-0.3, -0.25) is 4.79 Å². The summed E-state index contributed by atoms with van der Waals surface area (Å²) in [6.07, 6.45) is 34.2. The van der Waals surface area contributed by atoms with Crippen LogP contribution in [0.3, 0.4) is 0 Å². The van der Waals surface area contributed by atoms with Crippen molar-refractivity contribution in [3.8, 4) is 0 Å². The van der Waals surface area contributed by atoms with E-state index in [-0.39, 0.29) is 12.8 Å². The minimum absolute atomic E-state index is 0.258. The number of aliphatic hydroxyl groups excluding tert-OH is 7. The molecular weight excluding hydrogens is 787 g/mol. The molecule has 1 amide bonds. The van der Waals surface area contributed by atoms with E-state index in [1.165, 1.54) is 161 Å². The van der Waals surface area contributed by atoms with Crippen molar-refractivity contribution in [3.05, 3.63) is 12.2 Å². The maximum Gasteiger partial charge on any atom is 0.249 e. The van der Waals surface area contributed by atoms with Crippen LogP contribution in [0.25, 0.3) is 0 Å². The van der Waals surface area contributed by atoms with E-state index in [1.54, 1.807) is 0 Å². The van der Waals surface area contributed by atoms with E-state index in [9.17, 15) is 40.5 Å². The number of nitrogens with one attached hydrogen (secondary N) is 1. The first-order valence-corrected chi connectivity index (χ1v) is 26.1. The lowest BCUT2D eigenvalue weighted by Crippen LogP contribution is -2.60. The van der Waals surface area contributed by atoms with Crippen molar-refractivity contribution >= 4 is 5.91 Å². The summed E-state index contributed by atoms with van der Waals surface area (Å²) in [5.41, 5.74) is 0. The molecule has 1 aliphatic heterocycles. The van der Waals surface area contributed by atoms with Crippen LogP contribution in [0.5, 0.6) is 0 Å². The second-order valence-electron chi connectivity index (χ2n) is 18.6. The lowest BCUT2D eigenvalue weighted by Gasteiger charge is -2.40. The number of rotatable bonds is 44. The lowest BCUT2D eigenvalue weighted by molar-refractivity contribution is -0.303. The minimum Gasteiger partial charge on any atom is -0.394 e. The summed E-state index contributed by atoms with van der Waals surface area (Å²) in [5.74, 6) is -0.705. The number of carbonyl (C=O) groups is 1. The molecule has 0 aromatic heterocycles. The average Bonchev–Trinajstić information content (AvgIpc) is 3.27. The number of aliphatic hydroxyl groups is 7. The van der Waals surface area contributed by atoms with Crippen molar-refractivity contribution in [2.45, 2.75) is 294 Å². The first-order valence-electron chi connectivity index (χ1n) is 26.1. The molecule has 8 N–H and O–H groups in total. The van der Waals surface area contributed by atoms with Gasteiger partial charge in [0.1, 0.15) is 36.6 Å². The number of hydrogen-bond donors (Lipinski definition) is 8. The Hall–Kier alpha value is -1.15. The highest BCUT2D eigenvalue weighted by molar-refractivity contribution is 5.80. The van der Waals surface area contributed by atoms with Crippen LogP contribution in [0.1, 0.15) is 239 Å². The molecule has 0 saturated carbocycles. The number of amides is 1. The number of allylic oxidation sites excluding steroid dienone is 2. The van der Waals surface area contributed by atoms with Gasteiger partial charge in [0.2, 0.25) is 5.91 Å². The fourth-order valence-corrected chi connectivity index (χ4v) is 8.50. The third kappa shape index (κ3) is 30.1. The lowest BCUT2D eigenvalue weighted by atomic mass is 9.98. The molecule has 0 spiro atoms. The Morgan fingerprint density at radius 3 is 1.39 bits per heavy atom. The second-order valence-corrected chi connectivity index (χ2v) is 18.6. The van der Waals surface area contributed by atoms with Crippen molar-refractivity contribution in [3.63, 3.8) is 0 Å². The van der Waals surface area contributed by atoms with E-state index in [0.29, 0.717) is 12.8 Å². The smallest absolute Gasteiger partial charge is 0.249 e. The molecule has 368 valence electrons. The quantitative estimate of drug-likeness (QED) is 0.0216. The van der Waals surface area contributed by atoms with Crippen molar-refractivity contribution in [2.24, 2.45) is 0 Å². The van der Waals surface area contributed by atoms with Gasteiger partial charge in [0.25, 0.3) is 0 Å². The maximum absolute atomic E-state index is 13.1. The summed E-state index contributed by atoms with van der Waals surface area (Å²) >= 11 is 0. The summed E-state index contributed by atoms with van der Waals surface area (Å²) in [6, 6.07) is -1.18. The molecule has 1 rings (SSSR count). The summed E-state index contributed by atoms with van der Waals surface area (Å²) in [4.78, 5) is 13.1. The van der Waals surface area contributed by atoms with E-state index in [1.807, 2.05) is 0 Å². The zero-order valence-corrected chi connectivity index (χ0v) is 39.9. The van der Waals surface area contributed by atoms with E-state index in [2.05, 4.69) is 31.3 Å². The number of ether oxygens (including phenoxy) is 2. The van der Waals surface area contributed by atoms with Gasteiger partial charge in [-0.25, -0.2) is 0 Å². The summed E-state index contributed by atoms with van der Waals surface area (Å²) in [7, 11) is 0. The van der Waals surface area contributed by atoms with Gasteiger partial charge in [-0.05, 0) is 38.5 Å². The molecule has 0 aromatic rings. The van der Waals surface area contributed by atoms with E-state index < -0.39 is 74.2 Å². The zero-order chi connectivity index (χ0) is 45.5. The normalized spacial score (nSPS) is 21.3. The van der Waals surface area contributed by atoms with Crippen molar-refractivity contribution in [2.75, 3.05) is 13.2 Å². The number of unbranched alkanes of at least 4 members (excludes halogenated alkanes) is 30. The van der Waals surface area contributed by atoms with Gasteiger partial charge in [-0.1, -0.05) is 212 Å². The first-order chi connectivity index (χ1) is 30.2. The molecule has 1 saturated heterocycles. The standard InChI is InChI=1S/C51H99NO10/c1-3-5-7-9-11-13-15-16-17-18-19-20-21-22-23-24-25-26-27-29-30-32-34-36-38-43(54)46(56)42(41-61-51-49(59)48(58)47(57)45(40-53)62-51)52-50(60)44(55)39-37-35-33-31-28-14-12-10-8-6-4-2/h30,32,42-49,51,53-59H,3-29,31,33-41H2,1-2H3,(H,52,60)/b32-30+. The Morgan fingerprint density at radius 1 is 0.548 bits per heavy atom. The molecule has 1 heterocycles. The molecular formula is C51H99NO10. The summed E-state index contributed by atoms with van der Waals surface area (Å²) < 4.78 is 11.1. The van der Waals surface area contributed by atoms with Crippen LogP contribution in [0, 0.1) is 0 Å². The molecule has 0 radical (unpaired) electrons. The van der Waals surface area contributed by atoms with Crippen LogP contribution < -0.4 is 5.32 Å². The number of hydrogen-bond acceptors (Lipinski definition) is 10. The second kappa shape index (κ2) is 41.3. The molecule has 11 nitrogen and oxygen atoms in total. The Morgan fingerprint density at radius 2 is 0.952 bits per heavy atom. The third-order valence-corrected chi connectivity index (χ3v) is 12.8. The summed E-state index contributed by atoms with van der Waals surface area (Å²) in [6.45, 7) is 3.43. The Kier molecular flexibility index (Phi) is 39.2. The minimum atomic E-state index is -1.66. The predicted octanol–water partition coefficient (Wildman–Crippen LogP) is 9.62. The monoisotopic (exact) mass is 886 g/mol. The van der Waals surface area contributed by atoms with Gasteiger partial charge in [0, 0.05) is 0 Å². The van der Waals surface area contributed by atoms with E-state index >= 15 is 0 Å². The van der Waals surface area contributed by atoms with Gasteiger partial charge < -0.3 is 50.5 Å². The van der Waals surface area contributed by atoms with Crippen LogP contribution in [-0.2, 0) is 14.3 Å². The highest BCUT2D eigenvalue weighted by Gasteiger charge is 2.44. The molecule has 9 atom stereocenters. The van der Waals surface area contributed by atoms with Crippen molar-refractivity contribution < 1.29 is 50.0 Å². The van der Waals surface area contributed by atoms with Gasteiger partial charge in [-0.2, -0.15) is 0 Å². The molecule has 9 unspecified atom stereocenters. The third-order valence-electron chi connectivity index (χ3n) is 12.8. The highest BCUT2D eigenvalue weighted by atomic mass is 16.7. The maximum atomic E-state index is 13.1. The fourth-order valence-electron chi connectivity index (χ4n) is 8.50. The first kappa shape index (κ1) is 58.9. The van der Waals surface area contributed by atoms with Gasteiger partial charge in [0.05, 0.1) is 25.4 Å². The van der Waals surface area contributed by atoms with Crippen LogP contribution in [0.2, 0.25) is 0 Å². The van der Waals surface area contributed by atoms with Crippen molar-refractivity contribution in [1.29, 1.82) is 0 Å². The Bertz CT molecular complexity index is 1020. The van der Waals surface area contributed by atoms with Gasteiger partial charge in [0.15, 0.2) is 6.29 Å². The number of carbonyl (C=O) groups excluding carboxylic acids is 1. The highest BCUT2D eigenvalue weighted by Crippen LogP contribution is 2.23. The van der Waals surface area contributed by atoms with Crippen LogP contribution >= 0.6 is 0 Å². The fraction of sp³-hybridized carbons (Fsp3) is 0.941. The molecule has 0 aliphatic carbocycles. The molecule has 0 aromatic carbocycles. The predicted molar refractivity (Wildman–Crippen MR) is 252 cm³/mol. The molecule has 62 heavy (non-hydrogen) atoms. The Labute approximate surface area is 379 Å². The molecule has 1 fully saturated rings. The van der Waals surface area contributed by atoms with E-state index in [4.69, 9.17) is 9.47 Å². The summed E-state index contributed by atoms with van der Waals surface area (Å²) in [5, 5.41) is 75.7. The average molecular weight is 886 g/mol. The Balaban J connectivity index is 2.34. The topological polar surface area (TPSA) is 189 Å². The van der Waals surface area contributed by atoms with Crippen LogP contribution in [0.4, 0.5) is 0 Å². The van der Waals surface area contributed by atoms with Crippen LogP contribution in [-0.4, -0.2) is 110 Å².